The zero-order chi connectivity index (χ0) is 17.1. The molecule has 0 aliphatic heterocycles. The molecule has 1 aromatic heterocycles. The number of hydrogen-bond acceptors (Lipinski definition) is 4. The number of nitrogens with zero attached hydrogens (tertiary/aromatic N) is 1. The first-order valence-electron chi connectivity index (χ1n) is 8.08. The van der Waals surface area contributed by atoms with Crippen molar-refractivity contribution >= 4 is 11.9 Å². The highest BCUT2D eigenvalue weighted by Gasteiger charge is 2.34. The molecular weight excluding hydrogens is 308 g/mol. The van der Waals surface area contributed by atoms with Crippen molar-refractivity contribution < 1.29 is 19.1 Å². The van der Waals surface area contributed by atoms with Gasteiger partial charge in [0.1, 0.15) is 5.76 Å². The minimum absolute atomic E-state index is 0.0883. The summed E-state index contributed by atoms with van der Waals surface area (Å²) < 4.78 is 5.65. The van der Waals surface area contributed by atoms with Gasteiger partial charge in [-0.15, -0.1) is 0 Å². The number of aromatic nitrogens is 1. The molecule has 0 saturated heterocycles. The highest BCUT2D eigenvalue weighted by molar-refractivity contribution is 5.80. The van der Waals surface area contributed by atoms with Crippen molar-refractivity contribution in [2.24, 2.45) is 5.92 Å². The minimum Gasteiger partial charge on any atom is -0.481 e. The number of carboxylic acid groups (broad SMARTS) is 1. The number of rotatable bonds is 5. The van der Waals surface area contributed by atoms with Gasteiger partial charge < -0.3 is 14.8 Å². The number of benzene rings is 1. The molecule has 126 valence electrons. The molecule has 1 aliphatic carbocycles. The zero-order valence-corrected chi connectivity index (χ0v) is 13.5. The van der Waals surface area contributed by atoms with Crippen LogP contribution in [0.4, 0.5) is 0 Å². The molecule has 1 aliphatic rings. The van der Waals surface area contributed by atoms with Crippen LogP contribution < -0.4 is 5.32 Å². The lowest BCUT2D eigenvalue weighted by Gasteiger charge is -2.17. The van der Waals surface area contributed by atoms with Gasteiger partial charge in [-0.25, -0.2) is 4.98 Å². The van der Waals surface area contributed by atoms with Crippen LogP contribution in [-0.4, -0.2) is 28.0 Å². The number of carbonyl (C=O) groups excluding carboxylic acids is 1. The van der Waals surface area contributed by atoms with Crippen molar-refractivity contribution in [3.8, 4) is 11.5 Å². The Bertz CT molecular complexity index is 739. The summed E-state index contributed by atoms with van der Waals surface area (Å²) in [5.41, 5.74) is 1.44. The van der Waals surface area contributed by atoms with E-state index in [4.69, 9.17) is 4.42 Å². The highest BCUT2D eigenvalue weighted by Crippen LogP contribution is 2.26. The molecule has 0 radical (unpaired) electrons. The molecule has 3 rings (SSSR count). The average molecular weight is 328 g/mol. The summed E-state index contributed by atoms with van der Waals surface area (Å²) in [5.74, 6) is -0.469. The number of hydrogen-bond donors (Lipinski definition) is 2. The number of aliphatic carboxylic acids is 1. The molecule has 6 heteroatoms. The summed E-state index contributed by atoms with van der Waals surface area (Å²) in [6, 6.07) is 9.20. The fourth-order valence-corrected chi connectivity index (χ4v) is 3.13. The molecule has 0 unspecified atom stereocenters. The second-order valence-electron chi connectivity index (χ2n) is 6.11. The van der Waals surface area contributed by atoms with E-state index in [9.17, 15) is 14.7 Å². The van der Waals surface area contributed by atoms with Crippen LogP contribution in [0.3, 0.4) is 0 Å². The van der Waals surface area contributed by atoms with E-state index in [2.05, 4.69) is 10.3 Å². The number of nitrogens with one attached hydrogen (secondary N) is 1. The van der Waals surface area contributed by atoms with Crippen LogP contribution >= 0.6 is 0 Å². The predicted molar refractivity (Wildman–Crippen MR) is 87.3 cm³/mol. The summed E-state index contributed by atoms with van der Waals surface area (Å²) in [5, 5.41) is 12.0. The lowest BCUT2D eigenvalue weighted by Crippen LogP contribution is -2.40. The zero-order valence-electron chi connectivity index (χ0n) is 13.5. The van der Waals surface area contributed by atoms with Gasteiger partial charge in [0.05, 0.1) is 18.0 Å². The normalized spacial score (nSPS) is 20.0. The molecule has 2 N–H and O–H groups in total. The number of amides is 1. The minimum atomic E-state index is -0.846. The molecule has 6 nitrogen and oxygen atoms in total. The van der Waals surface area contributed by atoms with Crippen LogP contribution in [0.15, 0.2) is 34.7 Å². The lowest BCUT2D eigenvalue weighted by atomic mass is 10.0. The number of carboxylic acids is 1. The number of carbonyl (C=O) groups is 2. The average Bonchev–Trinajstić information content (AvgIpc) is 3.15. The maximum absolute atomic E-state index is 12.2. The summed E-state index contributed by atoms with van der Waals surface area (Å²) in [6.45, 7) is 1.78. The smallest absolute Gasteiger partial charge is 0.308 e. The summed E-state index contributed by atoms with van der Waals surface area (Å²) in [4.78, 5) is 27.8. The molecule has 1 fully saturated rings. The SMILES string of the molecule is Cc1oc(-c2ccccc2)nc1CC(=O)N[C@@H]1CCC[C@@H]1C(=O)O. The molecule has 1 heterocycles. The Morgan fingerprint density at radius 2 is 2.04 bits per heavy atom. The molecular formula is C18H20N2O4. The molecule has 1 aromatic carbocycles. The lowest BCUT2D eigenvalue weighted by molar-refractivity contribution is -0.142. The van der Waals surface area contributed by atoms with E-state index < -0.39 is 11.9 Å². The second kappa shape index (κ2) is 6.86. The molecule has 2 atom stereocenters. The Kier molecular flexibility index (Phi) is 4.64. The van der Waals surface area contributed by atoms with Gasteiger partial charge in [-0.1, -0.05) is 24.6 Å². The van der Waals surface area contributed by atoms with Gasteiger partial charge in [0, 0.05) is 11.6 Å². The van der Waals surface area contributed by atoms with Crippen LogP contribution in [-0.2, 0) is 16.0 Å². The Hall–Kier alpha value is -2.63. The Morgan fingerprint density at radius 1 is 1.29 bits per heavy atom. The van der Waals surface area contributed by atoms with Crippen LogP contribution in [0.2, 0.25) is 0 Å². The summed E-state index contributed by atoms with van der Waals surface area (Å²) in [6.07, 6.45) is 2.23. The summed E-state index contributed by atoms with van der Waals surface area (Å²) >= 11 is 0. The van der Waals surface area contributed by atoms with E-state index in [-0.39, 0.29) is 18.4 Å². The largest absolute Gasteiger partial charge is 0.481 e. The van der Waals surface area contributed by atoms with Gasteiger partial charge >= 0.3 is 5.97 Å². The van der Waals surface area contributed by atoms with Crippen LogP contribution in [0, 0.1) is 12.8 Å². The van der Waals surface area contributed by atoms with Gasteiger partial charge in [-0.05, 0) is 31.9 Å². The molecule has 0 spiro atoms. The Labute approximate surface area is 139 Å². The predicted octanol–water partition coefficient (Wildman–Crippen LogP) is 2.56. The van der Waals surface area contributed by atoms with E-state index in [1.165, 1.54) is 0 Å². The molecule has 1 amide bonds. The maximum atomic E-state index is 12.2. The first-order chi connectivity index (χ1) is 11.5. The fraction of sp³-hybridized carbons (Fsp3) is 0.389. The van der Waals surface area contributed by atoms with Crippen molar-refractivity contribution in [3.05, 3.63) is 41.8 Å². The maximum Gasteiger partial charge on any atom is 0.308 e. The van der Waals surface area contributed by atoms with E-state index in [0.717, 1.165) is 12.0 Å². The van der Waals surface area contributed by atoms with Gasteiger partial charge in [0.2, 0.25) is 11.8 Å². The summed E-state index contributed by atoms with van der Waals surface area (Å²) in [7, 11) is 0. The Balaban J connectivity index is 1.67. The number of aryl methyl sites for hydroxylation is 1. The third-order valence-corrected chi connectivity index (χ3v) is 4.42. The van der Waals surface area contributed by atoms with E-state index in [1.54, 1.807) is 6.92 Å². The van der Waals surface area contributed by atoms with Gasteiger partial charge in [0.25, 0.3) is 0 Å². The molecule has 2 aromatic rings. The first kappa shape index (κ1) is 16.2. The third kappa shape index (κ3) is 3.48. The van der Waals surface area contributed by atoms with Crippen molar-refractivity contribution in [2.45, 2.75) is 38.6 Å². The molecule has 0 bridgehead atoms. The monoisotopic (exact) mass is 328 g/mol. The topological polar surface area (TPSA) is 92.4 Å². The highest BCUT2D eigenvalue weighted by atomic mass is 16.4. The second-order valence-corrected chi connectivity index (χ2v) is 6.11. The van der Waals surface area contributed by atoms with E-state index in [1.807, 2.05) is 30.3 Å². The van der Waals surface area contributed by atoms with Crippen LogP contribution in [0.25, 0.3) is 11.5 Å². The first-order valence-corrected chi connectivity index (χ1v) is 8.08. The Morgan fingerprint density at radius 3 is 2.75 bits per heavy atom. The van der Waals surface area contributed by atoms with Crippen molar-refractivity contribution in [3.63, 3.8) is 0 Å². The number of oxazole rings is 1. The quantitative estimate of drug-likeness (QED) is 0.880. The fourth-order valence-electron chi connectivity index (χ4n) is 3.13. The molecule has 1 saturated carbocycles. The molecule has 24 heavy (non-hydrogen) atoms. The van der Waals surface area contributed by atoms with Crippen LogP contribution in [0.5, 0.6) is 0 Å². The standard InChI is InChI=1S/C18H20N2O4/c1-11-15(20-17(24-11)12-6-3-2-4-7-12)10-16(21)19-14-9-5-8-13(14)18(22)23/h2-4,6-7,13-14H,5,8-10H2,1H3,(H,19,21)(H,22,23)/t13-,14+/m0/s1. The van der Waals surface area contributed by atoms with Gasteiger partial charge in [0.15, 0.2) is 0 Å². The van der Waals surface area contributed by atoms with Crippen molar-refractivity contribution in [2.75, 3.05) is 0 Å². The van der Waals surface area contributed by atoms with Gasteiger partial charge in [-0.3, -0.25) is 9.59 Å². The van der Waals surface area contributed by atoms with Crippen LogP contribution in [0.1, 0.15) is 30.7 Å². The van der Waals surface area contributed by atoms with Crippen molar-refractivity contribution in [1.29, 1.82) is 0 Å². The van der Waals surface area contributed by atoms with Gasteiger partial charge in [-0.2, -0.15) is 0 Å². The third-order valence-electron chi connectivity index (χ3n) is 4.42. The van der Waals surface area contributed by atoms with Crippen molar-refractivity contribution in [1.82, 2.24) is 10.3 Å². The van der Waals surface area contributed by atoms with E-state index >= 15 is 0 Å². The van der Waals surface area contributed by atoms with E-state index in [0.29, 0.717) is 30.2 Å².